The molecule has 4 nitrogen and oxygen atoms in total. The molecule has 0 radical (unpaired) electrons. The molecule has 1 aliphatic carbocycles. The fourth-order valence-corrected chi connectivity index (χ4v) is 3.91. The zero-order valence-corrected chi connectivity index (χ0v) is 13.0. The maximum atomic E-state index is 12.3. The molecule has 5 heteroatoms. The van der Waals surface area contributed by atoms with Gasteiger partial charge in [-0.25, -0.2) is 13.1 Å². The van der Waals surface area contributed by atoms with Crippen LogP contribution in [0.3, 0.4) is 0 Å². The Labute approximate surface area is 121 Å². The minimum atomic E-state index is -3.42. The van der Waals surface area contributed by atoms with Crippen molar-refractivity contribution in [2.75, 3.05) is 6.54 Å². The van der Waals surface area contributed by atoms with Gasteiger partial charge in [0, 0.05) is 12.6 Å². The zero-order chi connectivity index (χ0) is 14.8. The molecule has 0 aromatic heterocycles. The van der Waals surface area contributed by atoms with Crippen LogP contribution in [0.1, 0.15) is 51.1 Å². The van der Waals surface area contributed by atoms with Crippen LogP contribution in [0, 0.1) is 5.41 Å². The Morgan fingerprint density at radius 2 is 1.80 bits per heavy atom. The number of hydrogen-bond donors (Lipinski definition) is 2. The van der Waals surface area contributed by atoms with Crippen LogP contribution in [0.4, 0.5) is 0 Å². The molecule has 1 unspecified atom stereocenters. The molecule has 1 saturated carbocycles. The first-order chi connectivity index (χ1) is 9.32. The highest BCUT2D eigenvalue weighted by Gasteiger charge is 2.30. The van der Waals surface area contributed by atoms with Gasteiger partial charge >= 0.3 is 0 Å². The first kappa shape index (κ1) is 15.5. The number of nitrogens with two attached hydrogens (primary N) is 1. The van der Waals surface area contributed by atoms with Crippen molar-refractivity contribution in [2.24, 2.45) is 11.1 Å². The minimum absolute atomic E-state index is 0.0860. The van der Waals surface area contributed by atoms with E-state index < -0.39 is 10.0 Å². The SMILES string of the molecule is CC(N)c1ccc(S(=O)(=O)NCC2(C)CCCC2)cc1. The second kappa shape index (κ2) is 5.84. The molecular weight excluding hydrogens is 272 g/mol. The summed E-state index contributed by atoms with van der Waals surface area (Å²) in [6.07, 6.45) is 4.58. The fourth-order valence-electron chi connectivity index (χ4n) is 2.71. The molecule has 1 atom stereocenters. The van der Waals surface area contributed by atoms with E-state index in [2.05, 4.69) is 11.6 Å². The van der Waals surface area contributed by atoms with Gasteiger partial charge in [-0.05, 0) is 42.9 Å². The van der Waals surface area contributed by atoms with Crippen molar-refractivity contribution >= 4 is 10.0 Å². The highest BCUT2D eigenvalue weighted by Crippen LogP contribution is 2.36. The molecular formula is C15H24N2O2S. The number of benzene rings is 1. The molecule has 0 aliphatic heterocycles. The normalized spacial score (nSPS) is 19.9. The smallest absolute Gasteiger partial charge is 0.240 e. The molecule has 0 saturated heterocycles. The number of rotatable bonds is 5. The topological polar surface area (TPSA) is 72.2 Å². The maximum Gasteiger partial charge on any atom is 0.240 e. The van der Waals surface area contributed by atoms with E-state index in [1.165, 1.54) is 12.8 Å². The third-order valence-electron chi connectivity index (χ3n) is 4.22. The van der Waals surface area contributed by atoms with E-state index in [4.69, 9.17) is 5.73 Å². The first-order valence-corrected chi connectivity index (χ1v) is 8.66. The van der Waals surface area contributed by atoms with Crippen LogP contribution in [0.25, 0.3) is 0 Å². The summed E-state index contributed by atoms with van der Waals surface area (Å²) in [5, 5.41) is 0. The minimum Gasteiger partial charge on any atom is -0.324 e. The fraction of sp³-hybridized carbons (Fsp3) is 0.600. The Balaban J connectivity index is 2.06. The van der Waals surface area contributed by atoms with E-state index in [0.717, 1.165) is 18.4 Å². The lowest BCUT2D eigenvalue weighted by molar-refractivity contribution is 0.336. The Bertz CT molecular complexity index is 544. The van der Waals surface area contributed by atoms with Gasteiger partial charge in [-0.15, -0.1) is 0 Å². The lowest BCUT2D eigenvalue weighted by atomic mass is 9.89. The molecule has 1 fully saturated rings. The molecule has 3 N–H and O–H groups in total. The van der Waals surface area contributed by atoms with Gasteiger partial charge in [0.1, 0.15) is 0 Å². The van der Waals surface area contributed by atoms with Crippen LogP contribution >= 0.6 is 0 Å². The molecule has 1 aromatic carbocycles. The molecule has 0 amide bonds. The van der Waals surface area contributed by atoms with Crippen LogP contribution in [0.5, 0.6) is 0 Å². The van der Waals surface area contributed by atoms with Gasteiger partial charge in [0.05, 0.1) is 4.90 Å². The quantitative estimate of drug-likeness (QED) is 0.877. The summed E-state index contributed by atoms with van der Waals surface area (Å²) in [5.74, 6) is 0. The van der Waals surface area contributed by atoms with Crippen LogP contribution in [0.15, 0.2) is 29.2 Å². The van der Waals surface area contributed by atoms with Crippen molar-refractivity contribution in [3.05, 3.63) is 29.8 Å². The molecule has 2 rings (SSSR count). The average molecular weight is 296 g/mol. The van der Waals surface area contributed by atoms with Crippen LogP contribution in [0.2, 0.25) is 0 Å². The Morgan fingerprint density at radius 3 is 2.30 bits per heavy atom. The Hall–Kier alpha value is -0.910. The van der Waals surface area contributed by atoms with Crippen molar-refractivity contribution < 1.29 is 8.42 Å². The highest BCUT2D eigenvalue weighted by molar-refractivity contribution is 7.89. The summed E-state index contributed by atoms with van der Waals surface area (Å²) in [7, 11) is -3.42. The second-order valence-corrected chi connectivity index (χ2v) is 7.97. The molecule has 20 heavy (non-hydrogen) atoms. The van der Waals surface area contributed by atoms with E-state index in [9.17, 15) is 8.42 Å². The first-order valence-electron chi connectivity index (χ1n) is 7.18. The predicted octanol–water partition coefficient (Wildman–Crippen LogP) is 2.56. The molecule has 1 aliphatic rings. The molecule has 112 valence electrons. The Morgan fingerprint density at radius 1 is 1.25 bits per heavy atom. The van der Waals surface area contributed by atoms with Gasteiger partial charge in [-0.2, -0.15) is 0 Å². The number of nitrogens with one attached hydrogen (secondary N) is 1. The zero-order valence-electron chi connectivity index (χ0n) is 12.2. The van der Waals surface area contributed by atoms with Gasteiger partial charge in [0.2, 0.25) is 10.0 Å². The van der Waals surface area contributed by atoms with Crippen LogP contribution in [-0.4, -0.2) is 15.0 Å². The van der Waals surface area contributed by atoms with E-state index in [-0.39, 0.29) is 11.5 Å². The van der Waals surface area contributed by atoms with Crippen molar-refractivity contribution in [1.29, 1.82) is 0 Å². The lowest BCUT2D eigenvalue weighted by Gasteiger charge is -2.23. The second-order valence-electron chi connectivity index (χ2n) is 6.20. The van der Waals surface area contributed by atoms with Crippen molar-refractivity contribution in [3.8, 4) is 0 Å². The maximum absolute atomic E-state index is 12.3. The molecule has 0 bridgehead atoms. The summed E-state index contributed by atoms with van der Waals surface area (Å²) in [6.45, 7) is 4.55. The lowest BCUT2D eigenvalue weighted by Crippen LogP contribution is -2.34. The number of sulfonamides is 1. The molecule has 0 spiro atoms. The van der Waals surface area contributed by atoms with E-state index in [0.29, 0.717) is 11.4 Å². The van der Waals surface area contributed by atoms with E-state index >= 15 is 0 Å². The molecule has 0 heterocycles. The van der Waals surface area contributed by atoms with Gasteiger partial charge in [0.15, 0.2) is 0 Å². The largest absolute Gasteiger partial charge is 0.324 e. The highest BCUT2D eigenvalue weighted by atomic mass is 32.2. The average Bonchev–Trinajstić information content (AvgIpc) is 2.84. The standard InChI is InChI=1S/C15H24N2O2S/c1-12(16)13-5-7-14(8-6-13)20(18,19)17-11-15(2)9-3-4-10-15/h5-8,12,17H,3-4,9-11,16H2,1-2H3. The van der Waals surface area contributed by atoms with Gasteiger partial charge in [-0.1, -0.05) is 31.9 Å². The summed E-state index contributed by atoms with van der Waals surface area (Å²) in [6, 6.07) is 6.71. The number of hydrogen-bond acceptors (Lipinski definition) is 3. The van der Waals surface area contributed by atoms with Gasteiger partial charge < -0.3 is 5.73 Å². The van der Waals surface area contributed by atoms with Gasteiger partial charge in [-0.3, -0.25) is 0 Å². The van der Waals surface area contributed by atoms with Crippen molar-refractivity contribution in [1.82, 2.24) is 4.72 Å². The molecule has 1 aromatic rings. The monoisotopic (exact) mass is 296 g/mol. The summed E-state index contributed by atoms with van der Waals surface area (Å²) in [5.41, 5.74) is 6.81. The van der Waals surface area contributed by atoms with Gasteiger partial charge in [0.25, 0.3) is 0 Å². The van der Waals surface area contributed by atoms with Crippen molar-refractivity contribution in [2.45, 2.75) is 50.5 Å². The Kier molecular flexibility index (Phi) is 4.52. The third-order valence-corrected chi connectivity index (χ3v) is 5.63. The van der Waals surface area contributed by atoms with E-state index in [1.807, 2.05) is 6.92 Å². The van der Waals surface area contributed by atoms with Crippen LogP contribution in [-0.2, 0) is 10.0 Å². The van der Waals surface area contributed by atoms with Crippen molar-refractivity contribution in [3.63, 3.8) is 0 Å². The predicted molar refractivity (Wildman–Crippen MR) is 80.8 cm³/mol. The summed E-state index contributed by atoms with van der Waals surface area (Å²) < 4.78 is 27.3. The third kappa shape index (κ3) is 3.59. The summed E-state index contributed by atoms with van der Waals surface area (Å²) in [4.78, 5) is 0.309. The summed E-state index contributed by atoms with van der Waals surface area (Å²) >= 11 is 0. The van der Waals surface area contributed by atoms with E-state index in [1.54, 1.807) is 24.3 Å². The van der Waals surface area contributed by atoms with Crippen LogP contribution < -0.4 is 10.5 Å².